The van der Waals surface area contributed by atoms with E-state index in [4.69, 9.17) is 0 Å². The smallest absolute Gasteiger partial charge is 0.336 e. The number of nitrogens with one attached hydrogen (secondary N) is 2. The first kappa shape index (κ1) is 25.5. The summed E-state index contributed by atoms with van der Waals surface area (Å²) in [4.78, 5) is 12.8. The van der Waals surface area contributed by atoms with Gasteiger partial charge in [-0.3, -0.25) is 10.1 Å². The Morgan fingerprint density at radius 3 is 2.42 bits per heavy atom. The summed E-state index contributed by atoms with van der Waals surface area (Å²) in [5, 5.41) is 14.1. The summed E-state index contributed by atoms with van der Waals surface area (Å²) in [6.07, 6.45) is -3.88. The molecule has 0 saturated heterocycles. The maximum atomic E-state index is 13.9. The second-order valence-electron chi connectivity index (χ2n) is 7.66. The van der Waals surface area contributed by atoms with E-state index in [0.717, 1.165) is 17.8 Å². The topological polar surface area (TPSA) is 64.9 Å². The molecule has 1 amide bonds. The molecule has 1 fully saturated rings. The number of alkyl halides is 3. The lowest BCUT2D eigenvalue weighted by molar-refractivity contribution is -0.160. The average Bonchev–Trinajstić information content (AvgIpc) is 3.53. The SMILES string of the molecule is N#CC1(NC(=O)C(CSCc2cccc(F)c2F)NC(c2ccc(Br)cc2)C(F)(F)F)CC1. The van der Waals surface area contributed by atoms with Crippen LogP contribution < -0.4 is 10.6 Å². The fraction of sp³-hybridized carbons (Fsp3) is 0.364. The number of carbonyl (C=O) groups is 1. The summed E-state index contributed by atoms with van der Waals surface area (Å²) in [6.45, 7) is 0. The van der Waals surface area contributed by atoms with E-state index < -0.39 is 41.3 Å². The number of nitriles is 1. The summed E-state index contributed by atoms with van der Waals surface area (Å²) in [6, 6.07) is 7.63. The highest BCUT2D eigenvalue weighted by Crippen LogP contribution is 2.36. The van der Waals surface area contributed by atoms with Gasteiger partial charge in [0.2, 0.25) is 5.91 Å². The van der Waals surface area contributed by atoms with Gasteiger partial charge in [-0.05, 0) is 36.6 Å². The molecule has 1 aliphatic carbocycles. The zero-order valence-corrected chi connectivity index (χ0v) is 19.5. The van der Waals surface area contributed by atoms with Gasteiger partial charge >= 0.3 is 6.18 Å². The number of hydrogen-bond donors (Lipinski definition) is 2. The molecule has 0 bridgehead atoms. The number of rotatable bonds is 9. The summed E-state index contributed by atoms with van der Waals surface area (Å²) < 4.78 is 69.6. The van der Waals surface area contributed by atoms with E-state index in [1.54, 1.807) is 0 Å². The predicted octanol–water partition coefficient (Wildman–Crippen LogP) is 5.39. The zero-order chi connectivity index (χ0) is 24.2. The minimum absolute atomic E-state index is 0.0372. The van der Waals surface area contributed by atoms with Crippen LogP contribution in [0.4, 0.5) is 22.0 Å². The fourth-order valence-electron chi connectivity index (χ4n) is 3.09. The maximum absolute atomic E-state index is 13.9. The number of halogens is 6. The molecule has 0 heterocycles. The number of benzene rings is 2. The van der Waals surface area contributed by atoms with Crippen LogP contribution in [-0.2, 0) is 10.5 Å². The minimum Gasteiger partial charge on any atom is -0.336 e. The van der Waals surface area contributed by atoms with Gasteiger partial charge < -0.3 is 5.32 Å². The molecule has 1 aliphatic rings. The molecule has 11 heteroatoms. The van der Waals surface area contributed by atoms with Gasteiger partial charge in [-0.15, -0.1) is 0 Å². The lowest BCUT2D eigenvalue weighted by atomic mass is 10.1. The van der Waals surface area contributed by atoms with Crippen molar-refractivity contribution in [3.05, 3.63) is 69.7 Å². The van der Waals surface area contributed by atoms with Gasteiger partial charge in [0.25, 0.3) is 0 Å². The Kier molecular flexibility index (Phi) is 8.03. The molecule has 0 radical (unpaired) electrons. The second kappa shape index (κ2) is 10.4. The van der Waals surface area contributed by atoms with Crippen molar-refractivity contribution in [3.63, 3.8) is 0 Å². The quantitative estimate of drug-likeness (QED) is 0.413. The van der Waals surface area contributed by atoms with E-state index in [2.05, 4.69) is 26.6 Å². The monoisotopic (exact) mass is 547 g/mol. The van der Waals surface area contributed by atoms with E-state index in [0.29, 0.717) is 17.3 Å². The maximum Gasteiger partial charge on any atom is 0.407 e. The van der Waals surface area contributed by atoms with Crippen LogP contribution in [0.5, 0.6) is 0 Å². The van der Waals surface area contributed by atoms with Crippen LogP contribution >= 0.6 is 27.7 Å². The molecule has 2 aromatic rings. The van der Waals surface area contributed by atoms with Crippen LogP contribution in [0.2, 0.25) is 0 Å². The Bertz CT molecular complexity index is 1040. The van der Waals surface area contributed by atoms with Crippen molar-refractivity contribution in [2.24, 2.45) is 0 Å². The highest BCUT2D eigenvalue weighted by molar-refractivity contribution is 9.10. The molecule has 0 spiro atoms. The summed E-state index contributed by atoms with van der Waals surface area (Å²) in [5.74, 6) is -3.03. The Hall–Kier alpha value is -2.16. The van der Waals surface area contributed by atoms with E-state index >= 15 is 0 Å². The lowest BCUT2D eigenvalue weighted by Crippen LogP contribution is -2.52. The van der Waals surface area contributed by atoms with Crippen molar-refractivity contribution < 1.29 is 26.7 Å². The van der Waals surface area contributed by atoms with Gasteiger partial charge in [0, 0.05) is 21.5 Å². The van der Waals surface area contributed by atoms with Gasteiger partial charge in [-0.1, -0.05) is 40.2 Å². The molecule has 2 unspecified atom stereocenters. The van der Waals surface area contributed by atoms with Crippen LogP contribution in [0.1, 0.15) is 30.0 Å². The van der Waals surface area contributed by atoms with Gasteiger partial charge in [0.1, 0.15) is 11.6 Å². The Morgan fingerprint density at radius 1 is 1.18 bits per heavy atom. The summed E-state index contributed by atoms with van der Waals surface area (Å²) >= 11 is 4.16. The van der Waals surface area contributed by atoms with Crippen molar-refractivity contribution >= 4 is 33.6 Å². The van der Waals surface area contributed by atoms with Crippen molar-refractivity contribution in [1.29, 1.82) is 5.26 Å². The van der Waals surface area contributed by atoms with Gasteiger partial charge in [-0.25, -0.2) is 8.78 Å². The van der Waals surface area contributed by atoms with Crippen molar-refractivity contribution in [3.8, 4) is 6.07 Å². The third-order valence-corrected chi connectivity index (χ3v) is 6.73. The van der Waals surface area contributed by atoms with Crippen molar-refractivity contribution in [1.82, 2.24) is 10.6 Å². The van der Waals surface area contributed by atoms with Crippen LogP contribution in [0, 0.1) is 23.0 Å². The molecule has 4 nitrogen and oxygen atoms in total. The van der Waals surface area contributed by atoms with E-state index in [1.807, 2.05) is 6.07 Å². The Morgan fingerprint density at radius 2 is 1.85 bits per heavy atom. The van der Waals surface area contributed by atoms with Crippen LogP contribution in [-0.4, -0.2) is 29.4 Å². The lowest BCUT2D eigenvalue weighted by Gasteiger charge is -2.28. The molecular formula is C22H19BrF5N3OS. The van der Waals surface area contributed by atoms with E-state index in [-0.39, 0.29) is 22.6 Å². The highest BCUT2D eigenvalue weighted by atomic mass is 79.9. The molecule has 2 atom stereocenters. The third-order valence-electron chi connectivity index (χ3n) is 5.12. The van der Waals surface area contributed by atoms with Gasteiger partial charge in [0.05, 0.1) is 12.1 Å². The average molecular weight is 548 g/mol. The van der Waals surface area contributed by atoms with Gasteiger partial charge in [-0.2, -0.15) is 30.2 Å². The molecule has 3 rings (SSSR count). The molecule has 176 valence electrons. The number of hydrogen-bond acceptors (Lipinski definition) is 4. The molecule has 1 saturated carbocycles. The molecule has 0 aliphatic heterocycles. The number of carbonyl (C=O) groups excluding carboxylic acids is 1. The molecular weight excluding hydrogens is 529 g/mol. The van der Waals surface area contributed by atoms with Crippen molar-refractivity contribution in [2.45, 2.75) is 42.4 Å². The largest absolute Gasteiger partial charge is 0.407 e. The standard InChI is InChI=1S/C22H19BrF5N3OS/c23-15-6-4-13(5-7-15)19(22(26,27)28)30-17(20(32)31-21(12-29)8-9-21)11-33-10-14-2-1-3-16(24)18(14)25/h1-7,17,19,30H,8-11H2,(H,31,32). The first-order valence-corrected chi connectivity index (χ1v) is 11.8. The normalized spacial score (nSPS) is 16.5. The van der Waals surface area contributed by atoms with Crippen LogP contribution in [0.15, 0.2) is 46.9 Å². The summed E-state index contributed by atoms with van der Waals surface area (Å²) in [7, 11) is 0. The van der Waals surface area contributed by atoms with Crippen LogP contribution in [0.25, 0.3) is 0 Å². The van der Waals surface area contributed by atoms with Crippen molar-refractivity contribution in [2.75, 3.05) is 5.75 Å². The minimum atomic E-state index is -4.71. The fourth-order valence-corrected chi connectivity index (χ4v) is 4.40. The number of nitrogens with zero attached hydrogens (tertiary/aromatic N) is 1. The van der Waals surface area contributed by atoms with Crippen LogP contribution in [0.3, 0.4) is 0 Å². The highest BCUT2D eigenvalue weighted by Gasteiger charge is 2.47. The summed E-state index contributed by atoms with van der Waals surface area (Å²) in [5.41, 5.74) is -1.12. The number of thioether (sulfide) groups is 1. The molecule has 2 aromatic carbocycles. The third kappa shape index (κ3) is 6.68. The Labute approximate surface area is 200 Å². The first-order chi connectivity index (χ1) is 15.5. The second-order valence-corrected chi connectivity index (χ2v) is 9.60. The zero-order valence-electron chi connectivity index (χ0n) is 17.1. The molecule has 33 heavy (non-hydrogen) atoms. The first-order valence-electron chi connectivity index (χ1n) is 9.87. The molecule has 0 aromatic heterocycles. The van der Waals surface area contributed by atoms with E-state index in [9.17, 15) is 32.0 Å². The Balaban J connectivity index is 1.79. The predicted molar refractivity (Wildman–Crippen MR) is 118 cm³/mol. The van der Waals surface area contributed by atoms with Gasteiger partial charge in [0.15, 0.2) is 11.6 Å². The van der Waals surface area contributed by atoms with E-state index in [1.165, 1.54) is 36.4 Å². The molecule has 2 N–H and O–H groups in total. The number of amides is 1.